The number of hydrogen-bond acceptors (Lipinski definition) is 5. The molecule has 4 rings (SSSR count). The summed E-state index contributed by atoms with van der Waals surface area (Å²) < 4.78 is 38.7. The Morgan fingerprint density at radius 1 is 1.06 bits per heavy atom. The molecule has 0 radical (unpaired) electrons. The molecule has 0 saturated heterocycles. The standard InChI is InChI=1S/C22H17ClF3N5/c1-12-5-4-6-13-9-14(19(30-18(12)13)15-7-2-3-8-17(15)23)10-28-21-29-11-16(20(27)31-21)22(24,25)26/h2-9,11H,10H2,1H3,(H3,27,28,29,31). The van der Waals surface area contributed by atoms with Crippen LogP contribution in [-0.2, 0) is 12.7 Å². The van der Waals surface area contributed by atoms with Gasteiger partial charge in [-0.1, -0.05) is 48.0 Å². The summed E-state index contributed by atoms with van der Waals surface area (Å²) in [6.45, 7) is 2.19. The molecule has 0 amide bonds. The molecule has 2 heterocycles. The zero-order chi connectivity index (χ0) is 22.2. The third-order valence-electron chi connectivity index (χ3n) is 4.82. The normalized spacial score (nSPS) is 11.6. The molecule has 0 atom stereocenters. The third kappa shape index (κ3) is 4.25. The van der Waals surface area contributed by atoms with Crippen LogP contribution in [0.1, 0.15) is 16.7 Å². The van der Waals surface area contributed by atoms with Gasteiger partial charge in [0, 0.05) is 28.7 Å². The van der Waals surface area contributed by atoms with Crippen LogP contribution in [0.3, 0.4) is 0 Å². The molecular weight excluding hydrogens is 427 g/mol. The van der Waals surface area contributed by atoms with E-state index >= 15 is 0 Å². The van der Waals surface area contributed by atoms with E-state index in [4.69, 9.17) is 22.3 Å². The van der Waals surface area contributed by atoms with E-state index in [0.29, 0.717) is 16.9 Å². The zero-order valence-corrected chi connectivity index (χ0v) is 17.1. The number of nitrogens with two attached hydrogens (primary N) is 1. The number of aryl methyl sites for hydroxylation is 1. The molecule has 0 bridgehead atoms. The number of para-hydroxylation sites is 1. The first-order valence-electron chi connectivity index (χ1n) is 9.32. The Morgan fingerprint density at radius 3 is 2.55 bits per heavy atom. The number of alkyl halides is 3. The van der Waals surface area contributed by atoms with Crippen molar-refractivity contribution in [1.29, 1.82) is 0 Å². The summed E-state index contributed by atoms with van der Waals surface area (Å²) in [5.41, 5.74) is 8.46. The molecule has 31 heavy (non-hydrogen) atoms. The molecule has 0 unspecified atom stereocenters. The Hall–Kier alpha value is -3.39. The van der Waals surface area contributed by atoms with Gasteiger partial charge in [0.05, 0.1) is 11.2 Å². The highest BCUT2D eigenvalue weighted by Crippen LogP contribution is 2.34. The quantitative estimate of drug-likeness (QED) is 0.412. The number of fused-ring (bicyclic) bond motifs is 1. The Kier molecular flexibility index (Phi) is 5.41. The lowest BCUT2D eigenvalue weighted by Crippen LogP contribution is -2.13. The molecule has 0 saturated carbocycles. The molecule has 158 valence electrons. The van der Waals surface area contributed by atoms with Crippen LogP contribution in [0.5, 0.6) is 0 Å². The van der Waals surface area contributed by atoms with Crippen LogP contribution < -0.4 is 11.1 Å². The van der Waals surface area contributed by atoms with Crippen molar-refractivity contribution in [1.82, 2.24) is 15.0 Å². The minimum absolute atomic E-state index is 0.0139. The number of nitrogens with zero attached hydrogens (tertiary/aromatic N) is 3. The maximum Gasteiger partial charge on any atom is 0.421 e. The number of aromatic nitrogens is 3. The predicted molar refractivity (Wildman–Crippen MR) is 116 cm³/mol. The molecule has 2 aromatic heterocycles. The van der Waals surface area contributed by atoms with Gasteiger partial charge in [-0.2, -0.15) is 18.2 Å². The van der Waals surface area contributed by atoms with Gasteiger partial charge in [-0.15, -0.1) is 0 Å². The van der Waals surface area contributed by atoms with Crippen molar-refractivity contribution in [3.8, 4) is 11.3 Å². The van der Waals surface area contributed by atoms with Crippen molar-refractivity contribution in [3.05, 3.63) is 76.4 Å². The van der Waals surface area contributed by atoms with E-state index in [2.05, 4.69) is 15.3 Å². The van der Waals surface area contributed by atoms with Gasteiger partial charge < -0.3 is 11.1 Å². The van der Waals surface area contributed by atoms with Crippen LogP contribution in [0.4, 0.5) is 24.9 Å². The summed E-state index contributed by atoms with van der Waals surface area (Å²) in [5, 5.41) is 4.41. The van der Waals surface area contributed by atoms with Crippen molar-refractivity contribution in [2.75, 3.05) is 11.1 Å². The topological polar surface area (TPSA) is 76.7 Å². The monoisotopic (exact) mass is 443 g/mol. The summed E-state index contributed by atoms with van der Waals surface area (Å²) in [6, 6.07) is 15.2. The SMILES string of the molecule is Cc1cccc2cc(CNc3ncc(C(F)(F)F)c(N)n3)c(-c3ccccc3Cl)nc12. The fraction of sp³-hybridized carbons (Fsp3) is 0.136. The molecule has 0 aliphatic carbocycles. The minimum atomic E-state index is -4.61. The van der Waals surface area contributed by atoms with Crippen molar-refractivity contribution in [3.63, 3.8) is 0 Å². The molecule has 9 heteroatoms. The fourth-order valence-electron chi connectivity index (χ4n) is 3.28. The smallest absolute Gasteiger partial charge is 0.383 e. The molecule has 0 fully saturated rings. The Morgan fingerprint density at radius 2 is 1.84 bits per heavy atom. The van der Waals surface area contributed by atoms with Crippen molar-refractivity contribution in [2.45, 2.75) is 19.6 Å². The first-order valence-corrected chi connectivity index (χ1v) is 9.69. The Labute approximate surface area is 181 Å². The number of nitrogens with one attached hydrogen (secondary N) is 1. The molecule has 0 aliphatic heterocycles. The lowest BCUT2D eigenvalue weighted by molar-refractivity contribution is -0.137. The number of halogens is 4. The van der Waals surface area contributed by atoms with Crippen LogP contribution in [0.15, 0.2) is 54.7 Å². The number of rotatable bonds is 4. The van der Waals surface area contributed by atoms with Gasteiger partial charge in [0.25, 0.3) is 0 Å². The van der Waals surface area contributed by atoms with Gasteiger partial charge in [-0.25, -0.2) is 9.97 Å². The Balaban J connectivity index is 1.74. The summed E-state index contributed by atoms with van der Waals surface area (Å²) in [7, 11) is 0. The summed E-state index contributed by atoms with van der Waals surface area (Å²) >= 11 is 6.41. The molecule has 5 nitrogen and oxygen atoms in total. The van der Waals surface area contributed by atoms with Crippen LogP contribution >= 0.6 is 11.6 Å². The summed E-state index contributed by atoms with van der Waals surface area (Å²) in [6.07, 6.45) is -3.94. The third-order valence-corrected chi connectivity index (χ3v) is 5.15. The van der Waals surface area contributed by atoms with Gasteiger partial charge in [0.15, 0.2) is 0 Å². The van der Waals surface area contributed by atoms with Crippen LogP contribution in [0.25, 0.3) is 22.2 Å². The van der Waals surface area contributed by atoms with E-state index in [-0.39, 0.29) is 12.5 Å². The summed E-state index contributed by atoms with van der Waals surface area (Å²) in [5.74, 6) is -0.650. The number of anilines is 2. The van der Waals surface area contributed by atoms with Gasteiger partial charge >= 0.3 is 6.18 Å². The van der Waals surface area contributed by atoms with Crippen LogP contribution in [-0.4, -0.2) is 15.0 Å². The molecule has 3 N–H and O–H groups in total. The molecule has 2 aromatic carbocycles. The zero-order valence-electron chi connectivity index (χ0n) is 16.3. The highest BCUT2D eigenvalue weighted by atomic mass is 35.5. The lowest BCUT2D eigenvalue weighted by atomic mass is 10.0. The largest absolute Gasteiger partial charge is 0.421 e. The van der Waals surface area contributed by atoms with Crippen LogP contribution in [0.2, 0.25) is 5.02 Å². The van der Waals surface area contributed by atoms with E-state index in [1.165, 1.54) is 0 Å². The van der Waals surface area contributed by atoms with Crippen molar-refractivity contribution in [2.24, 2.45) is 0 Å². The maximum atomic E-state index is 12.9. The van der Waals surface area contributed by atoms with Gasteiger partial charge in [0.1, 0.15) is 11.4 Å². The van der Waals surface area contributed by atoms with E-state index in [1.807, 2.05) is 49.4 Å². The second-order valence-corrected chi connectivity index (χ2v) is 7.37. The predicted octanol–water partition coefficient (Wildman–Crippen LogP) is 5.87. The second-order valence-electron chi connectivity index (χ2n) is 6.97. The second kappa shape index (κ2) is 8.03. The first-order chi connectivity index (χ1) is 14.7. The van der Waals surface area contributed by atoms with Crippen LogP contribution in [0, 0.1) is 6.92 Å². The van der Waals surface area contributed by atoms with Gasteiger partial charge in [0.2, 0.25) is 5.95 Å². The fourth-order valence-corrected chi connectivity index (χ4v) is 3.51. The van der Waals surface area contributed by atoms with Gasteiger partial charge in [-0.05, 0) is 30.2 Å². The van der Waals surface area contributed by atoms with E-state index in [0.717, 1.165) is 27.6 Å². The number of benzene rings is 2. The molecular formula is C22H17ClF3N5. The van der Waals surface area contributed by atoms with Crippen molar-refractivity contribution >= 4 is 34.3 Å². The summed E-state index contributed by atoms with van der Waals surface area (Å²) in [4.78, 5) is 12.3. The average molecular weight is 444 g/mol. The van der Waals surface area contributed by atoms with E-state index in [1.54, 1.807) is 6.07 Å². The lowest BCUT2D eigenvalue weighted by Gasteiger charge is -2.15. The van der Waals surface area contributed by atoms with E-state index in [9.17, 15) is 13.2 Å². The molecule has 0 spiro atoms. The Bertz CT molecular complexity index is 1270. The van der Waals surface area contributed by atoms with Crippen molar-refractivity contribution < 1.29 is 13.2 Å². The number of pyridine rings is 1. The highest BCUT2D eigenvalue weighted by molar-refractivity contribution is 6.33. The highest BCUT2D eigenvalue weighted by Gasteiger charge is 2.34. The van der Waals surface area contributed by atoms with Gasteiger partial charge in [-0.3, -0.25) is 0 Å². The maximum absolute atomic E-state index is 12.9. The number of nitrogen functional groups attached to an aromatic ring is 1. The number of hydrogen-bond donors (Lipinski definition) is 2. The molecule has 0 aliphatic rings. The molecule has 4 aromatic rings. The van der Waals surface area contributed by atoms with E-state index < -0.39 is 17.6 Å². The first kappa shape index (κ1) is 20.9. The minimum Gasteiger partial charge on any atom is -0.383 e. The average Bonchev–Trinajstić information content (AvgIpc) is 2.71.